The molecule has 0 aliphatic carbocycles. The Morgan fingerprint density at radius 1 is 0.694 bits per heavy atom. The summed E-state index contributed by atoms with van der Waals surface area (Å²) in [6, 6.07) is 15.6. The van der Waals surface area contributed by atoms with Crippen molar-refractivity contribution in [2.75, 3.05) is 11.1 Å². The summed E-state index contributed by atoms with van der Waals surface area (Å²) in [6.07, 6.45) is 1.55. The largest absolute Gasteiger partial charge is 0.505 e. The molecular formula is C30H24N6O10S3. The molecule has 0 saturated carbocycles. The Labute approximate surface area is 278 Å². The maximum absolute atomic E-state index is 12.3. The summed E-state index contributed by atoms with van der Waals surface area (Å²) in [4.78, 5) is -2.29. The number of hydrogen-bond acceptors (Lipinski definition) is 13. The second kappa shape index (κ2) is 12.8. The molecule has 252 valence electrons. The summed E-state index contributed by atoms with van der Waals surface area (Å²) in [6.45, 7) is 7.41. The number of allylic oxidation sites excluding steroid dienone is 1. The van der Waals surface area contributed by atoms with Crippen molar-refractivity contribution in [3.05, 3.63) is 97.7 Å². The molecule has 5 aromatic rings. The molecule has 5 aromatic carbocycles. The number of nitrogen functional groups attached to an aromatic ring is 1. The zero-order valence-corrected chi connectivity index (χ0v) is 27.2. The molecule has 0 unspecified atom stereocenters. The van der Waals surface area contributed by atoms with E-state index in [9.17, 15) is 44.0 Å². The summed E-state index contributed by atoms with van der Waals surface area (Å²) in [5, 5.41) is 30.2. The van der Waals surface area contributed by atoms with E-state index < -0.39 is 62.2 Å². The fourth-order valence-corrected chi connectivity index (χ4v) is 6.40. The van der Waals surface area contributed by atoms with Gasteiger partial charge in [-0.2, -0.15) is 30.4 Å². The highest BCUT2D eigenvalue weighted by Crippen LogP contribution is 2.44. The number of benzene rings is 5. The maximum Gasteiger partial charge on any atom is 0.296 e. The molecule has 19 heteroatoms. The highest BCUT2D eigenvalue weighted by molar-refractivity contribution is 7.86. The first-order valence-corrected chi connectivity index (χ1v) is 17.8. The van der Waals surface area contributed by atoms with Crippen molar-refractivity contribution < 1.29 is 44.0 Å². The minimum absolute atomic E-state index is 0.0496. The number of anilines is 2. The Morgan fingerprint density at radius 3 is 1.88 bits per heavy atom. The Balaban J connectivity index is 1.64. The SMILES string of the molecule is C=CC(=C)Nc1ccc(/N=N/c2ccc(/N=N/c3c(S(=O)(=O)O)cc4cc(S(=O)(=O)O)c(N)cc4c3O)c3cc(S(=O)(=O)O)ccc23)cc1. The summed E-state index contributed by atoms with van der Waals surface area (Å²) in [5.41, 5.74) is 6.35. The smallest absolute Gasteiger partial charge is 0.296 e. The molecule has 16 nitrogen and oxygen atoms in total. The number of nitrogens with zero attached hydrogens (tertiary/aromatic N) is 4. The van der Waals surface area contributed by atoms with Gasteiger partial charge in [0.15, 0.2) is 5.75 Å². The van der Waals surface area contributed by atoms with Crippen LogP contribution in [0.5, 0.6) is 5.75 Å². The molecular weight excluding hydrogens is 701 g/mol. The van der Waals surface area contributed by atoms with Gasteiger partial charge in [-0.15, -0.1) is 15.3 Å². The monoisotopic (exact) mass is 724 g/mol. The van der Waals surface area contributed by atoms with Crippen LogP contribution in [0.1, 0.15) is 0 Å². The fourth-order valence-electron chi connectivity index (χ4n) is 4.60. The van der Waals surface area contributed by atoms with E-state index in [1.807, 2.05) is 0 Å². The first-order valence-electron chi connectivity index (χ1n) is 13.5. The number of nitrogens with two attached hydrogens (primary N) is 1. The second-order valence-corrected chi connectivity index (χ2v) is 14.4. The minimum atomic E-state index is -5.14. The van der Waals surface area contributed by atoms with Gasteiger partial charge in [-0.3, -0.25) is 13.7 Å². The third-order valence-electron chi connectivity index (χ3n) is 6.93. The third kappa shape index (κ3) is 7.46. The average Bonchev–Trinajstić information content (AvgIpc) is 3.02. The van der Waals surface area contributed by atoms with Gasteiger partial charge < -0.3 is 16.2 Å². The molecule has 5 rings (SSSR count). The summed E-state index contributed by atoms with van der Waals surface area (Å²) < 4.78 is 101. The number of rotatable bonds is 10. The van der Waals surface area contributed by atoms with Gasteiger partial charge in [0.1, 0.15) is 15.5 Å². The molecule has 0 aliphatic rings. The van der Waals surface area contributed by atoms with E-state index in [1.54, 1.807) is 30.3 Å². The Morgan fingerprint density at radius 2 is 1.29 bits per heavy atom. The molecule has 0 fully saturated rings. The van der Waals surface area contributed by atoms with Crippen LogP contribution in [-0.4, -0.2) is 44.0 Å². The lowest BCUT2D eigenvalue weighted by molar-refractivity contribution is 0.472. The molecule has 0 saturated heterocycles. The lowest BCUT2D eigenvalue weighted by atomic mass is 10.1. The van der Waals surface area contributed by atoms with Gasteiger partial charge in [0.05, 0.1) is 27.6 Å². The maximum atomic E-state index is 12.3. The zero-order valence-electron chi connectivity index (χ0n) is 24.7. The molecule has 0 radical (unpaired) electrons. The highest BCUT2D eigenvalue weighted by atomic mass is 32.2. The summed E-state index contributed by atoms with van der Waals surface area (Å²) >= 11 is 0. The second-order valence-electron chi connectivity index (χ2n) is 10.2. The quantitative estimate of drug-likeness (QED) is 0.0369. The van der Waals surface area contributed by atoms with Crippen molar-refractivity contribution in [3.8, 4) is 5.75 Å². The Bertz CT molecular complexity index is 2610. The number of nitrogens with one attached hydrogen (secondary N) is 1. The van der Waals surface area contributed by atoms with E-state index in [0.717, 1.165) is 36.0 Å². The van der Waals surface area contributed by atoms with Gasteiger partial charge in [0.25, 0.3) is 30.4 Å². The van der Waals surface area contributed by atoms with Crippen LogP contribution in [-0.2, 0) is 30.4 Å². The van der Waals surface area contributed by atoms with Crippen LogP contribution in [0.3, 0.4) is 0 Å². The number of phenols is 1. The van der Waals surface area contributed by atoms with Crippen molar-refractivity contribution in [3.63, 3.8) is 0 Å². The van der Waals surface area contributed by atoms with Crippen LogP contribution in [0.15, 0.2) is 133 Å². The van der Waals surface area contributed by atoms with Crippen LogP contribution in [0.25, 0.3) is 21.5 Å². The summed E-state index contributed by atoms with van der Waals surface area (Å²) in [7, 11) is -14.7. The van der Waals surface area contributed by atoms with E-state index in [4.69, 9.17) is 5.73 Å². The first kappa shape index (κ1) is 34.8. The van der Waals surface area contributed by atoms with Crippen LogP contribution in [0.2, 0.25) is 0 Å². The van der Waals surface area contributed by atoms with E-state index in [2.05, 4.69) is 38.9 Å². The lowest BCUT2D eigenvalue weighted by Gasteiger charge is -2.11. The van der Waals surface area contributed by atoms with Gasteiger partial charge >= 0.3 is 0 Å². The third-order valence-corrected chi connectivity index (χ3v) is 9.55. The molecule has 0 aromatic heterocycles. The lowest BCUT2D eigenvalue weighted by Crippen LogP contribution is -2.04. The fraction of sp³-hybridized carbons (Fsp3) is 0. The number of hydrogen-bond donors (Lipinski definition) is 6. The molecule has 0 heterocycles. The van der Waals surface area contributed by atoms with E-state index in [1.165, 1.54) is 18.2 Å². The predicted molar refractivity (Wildman–Crippen MR) is 181 cm³/mol. The van der Waals surface area contributed by atoms with Crippen LogP contribution in [0.4, 0.5) is 34.1 Å². The molecule has 49 heavy (non-hydrogen) atoms. The standard InChI is InChI=1S/C30H24N6O10S3/c1-3-16(2)32-18-4-6-19(7-5-18)33-34-25-10-11-26(23-14-20(47(38,39)40)8-9-21(23)25)35-36-29-28(49(44,45)46)13-17-12-27(48(41,42)43)24(31)15-22(17)30(29)37/h3-15,32,37H,1-2,31H2,(H,38,39,40)(H,41,42,43)(H,44,45,46)/b34-33+,36-35+. The van der Waals surface area contributed by atoms with Crippen molar-refractivity contribution in [1.29, 1.82) is 0 Å². The topological polar surface area (TPSA) is 271 Å². The first-order chi connectivity index (χ1) is 22.9. The van der Waals surface area contributed by atoms with Crippen molar-refractivity contribution >= 4 is 86.0 Å². The van der Waals surface area contributed by atoms with Crippen LogP contribution < -0.4 is 11.1 Å². The van der Waals surface area contributed by atoms with Crippen molar-refractivity contribution in [2.45, 2.75) is 14.7 Å². The van der Waals surface area contributed by atoms with Crippen LogP contribution in [0, 0.1) is 0 Å². The van der Waals surface area contributed by atoms with Crippen LogP contribution >= 0.6 is 0 Å². The van der Waals surface area contributed by atoms with Gasteiger partial charge in [-0.25, -0.2) is 0 Å². The highest BCUT2D eigenvalue weighted by Gasteiger charge is 2.25. The number of aromatic hydroxyl groups is 1. The van der Waals surface area contributed by atoms with Gasteiger partial charge in [0.2, 0.25) is 0 Å². The van der Waals surface area contributed by atoms with Gasteiger partial charge in [-0.1, -0.05) is 19.2 Å². The van der Waals surface area contributed by atoms with E-state index in [-0.39, 0.29) is 32.9 Å². The summed E-state index contributed by atoms with van der Waals surface area (Å²) in [5.74, 6) is -0.883. The molecule has 0 amide bonds. The molecule has 0 aliphatic heterocycles. The molecule has 7 N–H and O–H groups in total. The van der Waals surface area contributed by atoms with Gasteiger partial charge in [0, 0.05) is 27.5 Å². The van der Waals surface area contributed by atoms with Gasteiger partial charge in [-0.05, 0) is 78.2 Å². The van der Waals surface area contributed by atoms with Crippen molar-refractivity contribution in [1.82, 2.24) is 0 Å². The number of phenolic OH excluding ortho intramolecular Hbond substituents is 1. The van der Waals surface area contributed by atoms with Crippen molar-refractivity contribution in [2.24, 2.45) is 20.5 Å². The molecule has 0 atom stereocenters. The number of fused-ring (bicyclic) bond motifs is 2. The Hall–Kier alpha value is -5.57. The minimum Gasteiger partial charge on any atom is -0.505 e. The predicted octanol–water partition coefficient (Wildman–Crippen LogP) is 6.96. The van der Waals surface area contributed by atoms with E-state index >= 15 is 0 Å². The molecule has 0 bridgehead atoms. The van der Waals surface area contributed by atoms with E-state index in [0.29, 0.717) is 11.4 Å². The average molecular weight is 725 g/mol. The zero-order chi connectivity index (χ0) is 35.9. The Kier molecular flexibility index (Phi) is 9.08. The number of azo groups is 2. The molecule has 0 spiro atoms. The normalized spacial score (nSPS) is 12.6.